The maximum Gasteiger partial charge on any atom is 0.289 e. The Morgan fingerprint density at radius 1 is 1.24 bits per heavy atom. The molecule has 42 heavy (non-hydrogen) atoms. The summed E-state index contributed by atoms with van der Waals surface area (Å²) in [6.07, 6.45) is 7.09. The van der Waals surface area contributed by atoms with Crippen LogP contribution in [0.15, 0.2) is 47.7 Å². The molecule has 7 rings (SSSR count). The summed E-state index contributed by atoms with van der Waals surface area (Å²) in [5.41, 5.74) is 16.1. The number of nitrogens with zero attached hydrogens (tertiary/aromatic N) is 6. The number of amidine groups is 1. The molecule has 4 atom stereocenters. The van der Waals surface area contributed by atoms with Gasteiger partial charge in [0.25, 0.3) is 5.91 Å². The summed E-state index contributed by atoms with van der Waals surface area (Å²) in [7, 11) is 1.41. The first-order chi connectivity index (χ1) is 20.3. The lowest BCUT2D eigenvalue weighted by Gasteiger charge is -2.79. The minimum Gasteiger partial charge on any atom is -0.494 e. The van der Waals surface area contributed by atoms with Gasteiger partial charge < -0.3 is 21.1 Å². The number of fused-ring (bicyclic) bond motifs is 1. The number of aromatic nitrogens is 4. The number of carbonyl (C=O) groups is 2. The minimum absolute atomic E-state index is 0.0316. The molecule has 13 heteroatoms. The number of likely N-dealkylation sites (tertiary alicyclic amines) is 1. The zero-order valence-electron chi connectivity index (χ0n) is 22.5. The fourth-order valence-electron chi connectivity index (χ4n) is 7.13. The SMILES string of the molecule is COc1ccc(-c2ccc(-c3cnn4c(N)c(C=O)c(C5CC6N(C(=O)C(N)=NC=N)C7CCC576)nc34)cn2)cc1F. The number of hydrogen-bond acceptors (Lipinski definition) is 8. The lowest BCUT2D eigenvalue weighted by molar-refractivity contribution is -0.266. The molecule has 4 aromatic rings. The van der Waals surface area contributed by atoms with Crippen molar-refractivity contribution in [3.8, 4) is 28.1 Å². The maximum absolute atomic E-state index is 14.2. The number of anilines is 1. The van der Waals surface area contributed by atoms with E-state index in [4.69, 9.17) is 26.6 Å². The van der Waals surface area contributed by atoms with Crippen LogP contribution >= 0.6 is 0 Å². The zero-order valence-corrected chi connectivity index (χ0v) is 22.5. The number of rotatable bonds is 6. The number of piperidine rings is 2. The molecule has 4 heterocycles. The van der Waals surface area contributed by atoms with Gasteiger partial charge in [-0.15, -0.1) is 0 Å². The molecule has 3 aliphatic rings. The molecule has 1 amide bonds. The average Bonchev–Trinajstić information content (AvgIpc) is 3.40. The van der Waals surface area contributed by atoms with E-state index in [1.807, 2.05) is 6.07 Å². The Balaban J connectivity index is 1.23. The molecule has 2 aliphatic carbocycles. The number of carbonyl (C=O) groups excluding carboxylic acids is 2. The first-order valence-corrected chi connectivity index (χ1v) is 13.4. The van der Waals surface area contributed by atoms with Gasteiger partial charge in [0.1, 0.15) is 12.2 Å². The monoisotopic (exact) mass is 567 g/mol. The van der Waals surface area contributed by atoms with Crippen LogP contribution in [0, 0.1) is 16.6 Å². The lowest BCUT2D eigenvalue weighted by atomic mass is 9.37. The van der Waals surface area contributed by atoms with Gasteiger partial charge in [-0.25, -0.2) is 14.4 Å². The number of methoxy groups -OCH3 is 1. The van der Waals surface area contributed by atoms with E-state index in [0.717, 1.165) is 31.0 Å². The molecular formula is C29H26FN9O3. The van der Waals surface area contributed by atoms with E-state index >= 15 is 0 Å². The van der Waals surface area contributed by atoms with Crippen LogP contribution in [0.25, 0.3) is 28.0 Å². The van der Waals surface area contributed by atoms with Crippen molar-refractivity contribution in [2.45, 2.75) is 37.3 Å². The van der Waals surface area contributed by atoms with Crippen LogP contribution in [0.3, 0.4) is 0 Å². The van der Waals surface area contributed by atoms with Crippen molar-refractivity contribution < 1.29 is 18.7 Å². The van der Waals surface area contributed by atoms with Crippen LogP contribution in [0.2, 0.25) is 0 Å². The molecule has 5 N–H and O–H groups in total. The molecular weight excluding hydrogens is 541 g/mol. The normalized spacial score (nSPS) is 24.1. The highest BCUT2D eigenvalue weighted by molar-refractivity contribution is 6.38. The number of aldehydes is 1. The van der Waals surface area contributed by atoms with E-state index in [0.29, 0.717) is 40.1 Å². The summed E-state index contributed by atoms with van der Waals surface area (Å²) in [6.45, 7) is 0. The highest BCUT2D eigenvalue weighted by Gasteiger charge is 2.77. The number of nitrogens with one attached hydrogen (secondary N) is 1. The summed E-state index contributed by atoms with van der Waals surface area (Å²) < 4.78 is 20.7. The van der Waals surface area contributed by atoms with E-state index < -0.39 is 5.82 Å². The number of aliphatic imine (C=N–C) groups is 1. The van der Waals surface area contributed by atoms with Gasteiger partial charge in [0.2, 0.25) is 0 Å². The van der Waals surface area contributed by atoms with E-state index in [9.17, 15) is 14.0 Å². The number of halogens is 1. The molecule has 1 saturated heterocycles. The van der Waals surface area contributed by atoms with E-state index in [1.54, 1.807) is 35.5 Å². The number of amides is 1. The molecule has 0 bridgehead atoms. The van der Waals surface area contributed by atoms with Crippen LogP contribution in [0.1, 0.15) is 41.2 Å². The summed E-state index contributed by atoms with van der Waals surface area (Å²) in [5.74, 6) is -0.760. The second kappa shape index (κ2) is 9.16. The van der Waals surface area contributed by atoms with Gasteiger partial charge in [-0.05, 0) is 43.5 Å². The van der Waals surface area contributed by atoms with E-state index in [1.165, 1.54) is 17.7 Å². The molecule has 1 spiro atoms. The third-order valence-corrected chi connectivity index (χ3v) is 9.25. The van der Waals surface area contributed by atoms with Gasteiger partial charge >= 0.3 is 0 Å². The molecule has 212 valence electrons. The smallest absolute Gasteiger partial charge is 0.289 e. The van der Waals surface area contributed by atoms with E-state index in [-0.39, 0.29) is 46.7 Å². The summed E-state index contributed by atoms with van der Waals surface area (Å²) in [4.78, 5) is 40.0. The Hall–Kier alpha value is -5.20. The highest BCUT2D eigenvalue weighted by Crippen LogP contribution is 2.74. The molecule has 2 saturated carbocycles. The molecule has 3 fully saturated rings. The first-order valence-electron chi connectivity index (χ1n) is 13.4. The third kappa shape index (κ3) is 3.30. The van der Waals surface area contributed by atoms with Crippen molar-refractivity contribution in [2.75, 3.05) is 12.8 Å². The fourth-order valence-corrected chi connectivity index (χ4v) is 7.13. The number of benzene rings is 1. The number of nitrogen functional groups attached to an aromatic ring is 1. The average molecular weight is 568 g/mol. The van der Waals surface area contributed by atoms with Crippen molar-refractivity contribution in [1.29, 1.82) is 5.41 Å². The van der Waals surface area contributed by atoms with Gasteiger partial charge in [-0.1, -0.05) is 6.07 Å². The van der Waals surface area contributed by atoms with Crippen LogP contribution in [-0.4, -0.2) is 68.0 Å². The molecule has 1 aliphatic heterocycles. The highest BCUT2D eigenvalue weighted by atomic mass is 19.1. The third-order valence-electron chi connectivity index (χ3n) is 9.25. The van der Waals surface area contributed by atoms with Gasteiger partial charge in [0.05, 0.1) is 30.3 Å². The van der Waals surface area contributed by atoms with Gasteiger partial charge in [0.15, 0.2) is 29.3 Å². The van der Waals surface area contributed by atoms with Crippen LogP contribution in [-0.2, 0) is 4.79 Å². The van der Waals surface area contributed by atoms with Crippen LogP contribution in [0.5, 0.6) is 5.75 Å². The standard InChI is InChI=1S/C29H26FN9O3/c1-42-21-5-3-14(8-19(21)30)20-4-2-15(10-34-20)16-11-36-39-26(33)17(12-40)24(37-27(16)39)18-9-23-29(18)7-6-22(29)38(23)28(41)25(32)35-13-31/h2-5,8,10-13,18,22-23H,6-7,9,33H2,1H3,(H3,31,32,35). The Bertz CT molecular complexity index is 1830. The van der Waals surface area contributed by atoms with Crippen LogP contribution in [0.4, 0.5) is 10.2 Å². The Kier molecular flexibility index (Phi) is 5.61. The van der Waals surface area contributed by atoms with E-state index in [2.05, 4.69) is 15.1 Å². The Labute approximate surface area is 238 Å². The second-order valence-corrected chi connectivity index (χ2v) is 10.8. The van der Waals surface area contributed by atoms with Gasteiger partial charge in [-0.2, -0.15) is 9.61 Å². The molecule has 3 aromatic heterocycles. The summed E-state index contributed by atoms with van der Waals surface area (Å²) >= 11 is 0. The molecule has 1 aromatic carbocycles. The topological polar surface area (TPSA) is 178 Å². The van der Waals surface area contributed by atoms with Crippen molar-refractivity contribution in [1.82, 2.24) is 24.5 Å². The van der Waals surface area contributed by atoms with Crippen molar-refractivity contribution in [2.24, 2.45) is 16.1 Å². The number of hydrogen-bond donors (Lipinski definition) is 3. The quantitative estimate of drug-likeness (QED) is 0.181. The first kappa shape index (κ1) is 25.7. The predicted molar refractivity (Wildman–Crippen MR) is 152 cm³/mol. The Morgan fingerprint density at radius 3 is 2.67 bits per heavy atom. The fraction of sp³-hybridized carbons (Fsp3) is 0.276. The summed E-state index contributed by atoms with van der Waals surface area (Å²) in [6, 6.07) is 8.23. The molecule has 12 nitrogen and oxygen atoms in total. The lowest BCUT2D eigenvalue weighted by Crippen LogP contribution is -2.86. The predicted octanol–water partition coefficient (Wildman–Crippen LogP) is 2.81. The number of ether oxygens (including phenoxy) is 1. The van der Waals surface area contributed by atoms with Gasteiger partial charge in [-0.3, -0.25) is 20.0 Å². The van der Waals surface area contributed by atoms with Crippen molar-refractivity contribution >= 4 is 35.8 Å². The summed E-state index contributed by atoms with van der Waals surface area (Å²) in [5, 5.41) is 11.5. The van der Waals surface area contributed by atoms with Crippen molar-refractivity contribution in [3.05, 3.63) is 59.8 Å². The minimum atomic E-state index is -0.477. The second-order valence-electron chi connectivity index (χ2n) is 10.8. The number of pyridine rings is 1. The van der Waals surface area contributed by atoms with Crippen molar-refractivity contribution in [3.63, 3.8) is 0 Å². The zero-order chi connectivity index (χ0) is 29.3. The molecule has 4 unspecified atom stereocenters. The maximum atomic E-state index is 14.2. The Morgan fingerprint density at radius 2 is 2.05 bits per heavy atom. The van der Waals surface area contributed by atoms with Crippen LogP contribution < -0.4 is 16.2 Å². The van der Waals surface area contributed by atoms with Gasteiger partial charge in [0, 0.05) is 46.3 Å². The number of nitrogens with two attached hydrogens (primary N) is 2. The largest absolute Gasteiger partial charge is 0.494 e. The molecule has 0 radical (unpaired) electrons.